The van der Waals surface area contributed by atoms with Crippen molar-refractivity contribution < 1.29 is 9.53 Å². The summed E-state index contributed by atoms with van der Waals surface area (Å²) >= 11 is 11.7. The van der Waals surface area contributed by atoms with Crippen molar-refractivity contribution in [3.8, 4) is 0 Å². The number of nitrogens with one attached hydrogen (secondary N) is 1. The summed E-state index contributed by atoms with van der Waals surface area (Å²) in [6.07, 6.45) is 0.360. The van der Waals surface area contributed by atoms with Crippen molar-refractivity contribution in [3.05, 3.63) is 35.9 Å². The average molecular weight is 288 g/mol. The summed E-state index contributed by atoms with van der Waals surface area (Å²) in [6, 6.07) is 9.74. The van der Waals surface area contributed by atoms with Gasteiger partial charge in [0.15, 0.2) is 0 Å². The lowest BCUT2D eigenvalue weighted by Crippen LogP contribution is -2.31. The van der Waals surface area contributed by atoms with E-state index in [-0.39, 0.29) is 17.9 Å². The summed E-state index contributed by atoms with van der Waals surface area (Å²) in [6.45, 7) is 0.416. The topological polar surface area (TPSA) is 38.3 Å². The maximum atomic E-state index is 11.7. The fourth-order valence-corrected chi connectivity index (χ4v) is 2.33. The zero-order valence-corrected chi connectivity index (χ0v) is 11.5. The van der Waals surface area contributed by atoms with Crippen LogP contribution in [0.2, 0.25) is 0 Å². The molecule has 2 unspecified atom stereocenters. The first kappa shape index (κ1) is 13.7. The molecule has 1 fully saturated rings. The molecule has 18 heavy (non-hydrogen) atoms. The van der Waals surface area contributed by atoms with Gasteiger partial charge < -0.3 is 10.1 Å². The molecule has 0 radical (unpaired) electrons. The molecule has 3 nitrogen and oxygen atoms in total. The van der Waals surface area contributed by atoms with Gasteiger partial charge in [-0.1, -0.05) is 30.3 Å². The molecule has 1 aromatic carbocycles. The monoisotopic (exact) mass is 287 g/mol. The third-order valence-corrected chi connectivity index (χ3v) is 3.90. The lowest BCUT2D eigenvalue weighted by atomic mass is 10.1. The van der Waals surface area contributed by atoms with Crippen LogP contribution < -0.4 is 5.32 Å². The van der Waals surface area contributed by atoms with Gasteiger partial charge in [0.2, 0.25) is 5.91 Å². The molecule has 2 atom stereocenters. The first-order valence-electron chi connectivity index (χ1n) is 5.78. The first-order chi connectivity index (χ1) is 8.54. The number of amides is 1. The summed E-state index contributed by atoms with van der Waals surface area (Å²) in [7, 11) is 1.62. The molecule has 2 rings (SSSR count). The van der Waals surface area contributed by atoms with Crippen LogP contribution in [0, 0.1) is 5.92 Å². The van der Waals surface area contributed by atoms with Crippen molar-refractivity contribution in [3.63, 3.8) is 0 Å². The summed E-state index contributed by atoms with van der Waals surface area (Å²) in [4.78, 5) is 11.7. The van der Waals surface area contributed by atoms with Crippen molar-refractivity contribution in [2.45, 2.75) is 16.9 Å². The molecular formula is C13H15Cl2NO2. The normalized spacial score (nSPS) is 22.3. The van der Waals surface area contributed by atoms with E-state index in [2.05, 4.69) is 5.32 Å². The largest absolute Gasteiger partial charge is 0.375 e. The Morgan fingerprint density at radius 3 is 2.61 bits per heavy atom. The second-order valence-electron chi connectivity index (χ2n) is 4.40. The highest BCUT2D eigenvalue weighted by atomic mass is 35.5. The van der Waals surface area contributed by atoms with E-state index in [1.165, 1.54) is 0 Å². The van der Waals surface area contributed by atoms with E-state index in [0.717, 1.165) is 5.56 Å². The molecular weight excluding hydrogens is 273 g/mol. The smallest absolute Gasteiger partial charge is 0.226 e. The maximum absolute atomic E-state index is 11.7. The molecule has 1 amide bonds. The molecule has 1 aliphatic rings. The Bertz CT molecular complexity index is 422. The van der Waals surface area contributed by atoms with Crippen molar-refractivity contribution in [1.82, 2.24) is 5.32 Å². The number of ether oxygens (including phenoxy) is 1. The van der Waals surface area contributed by atoms with E-state index in [0.29, 0.717) is 13.0 Å². The van der Waals surface area contributed by atoms with Gasteiger partial charge in [0, 0.05) is 13.7 Å². The quantitative estimate of drug-likeness (QED) is 0.846. The molecule has 1 aliphatic carbocycles. The van der Waals surface area contributed by atoms with Crippen molar-refractivity contribution in [1.29, 1.82) is 0 Å². The molecule has 0 spiro atoms. The fraction of sp³-hybridized carbons (Fsp3) is 0.462. The zero-order valence-electron chi connectivity index (χ0n) is 10.0. The van der Waals surface area contributed by atoms with Gasteiger partial charge in [0.1, 0.15) is 4.33 Å². The average Bonchev–Trinajstić information content (AvgIpc) is 3.00. The van der Waals surface area contributed by atoms with Gasteiger partial charge in [-0.2, -0.15) is 0 Å². The Balaban J connectivity index is 1.87. The minimum absolute atomic E-state index is 0.113. The molecule has 0 aromatic heterocycles. The Labute approximate surface area is 116 Å². The van der Waals surface area contributed by atoms with Crippen LogP contribution in [0.15, 0.2) is 30.3 Å². The number of carbonyl (C=O) groups excluding carboxylic acids is 1. The van der Waals surface area contributed by atoms with Gasteiger partial charge in [0.05, 0.1) is 12.0 Å². The van der Waals surface area contributed by atoms with Crippen LogP contribution in [-0.4, -0.2) is 23.9 Å². The number of benzene rings is 1. The maximum Gasteiger partial charge on any atom is 0.226 e. The summed E-state index contributed by atoms with van der Waals surface area (Å²) < 4.78 is 4.48. The predicted molar refractivity (Wildman–Crippen MR) is 71.7 cm³/mol. The highest BCUT2D eigenvalue weighted by Gasteiger charge is 2.56. The molecule has 1 saturated carbocycles. The van der Waals surface area contributed by atoms with E-state index in [9.17, 15) is 4.79 Å². The molecule has 5 heteroatoms. The Morgan fingerprint density at radius 1 is 1.50 bits per heavy atom. The standard InChI is InChI=1S/C13H15Cl2NO2/c1-18-11(9-5-3-2-4-6-9)8-16-12(17)10-7-13(10,14)15/h2-6,10-11H,7-8H2,1H3,(H,16,17). The van der Waals surface area contributed by atoms with Gasteiger partial charge in [-0.25, -0.2) is 0 Å². The van der Waals surface area contributed by atoms with Gasteiger partial charge >= 0.3 is 0 Å². The Kier molecular flexibility index (Phi) is 4.15. The van der Waals surface area contributed by atoms with Crippen LogP contribution in [-0.2, 0) is 9.53 Å². The highest BCUT2D eigenvalue weighted by molar-refractivity contribution is 6.52. The third kappa shape index (κ3) is 3.16. The lowest BCUT2D eigenvalue weighted by Gasteiger charge is -2.16. The Morgan fingerprint density at radius 2 is 2.11 bits per heavy atom. The summed E-state index contributed by atoms with van der Waals surface area (Å²) in [5.41, 5.74) is 1.03. The predicted octanol–water partition coefficient (Wildman–Crippen LogP) is 2.68. The number of halogens is 2. The van der Waals surface area contributed by atoms with E-state index < -0.39 is 4.33 Å². The third-order valence-electron chi connectivity index (χ3n) is 3.06. The molecule has 0 saturated heterocycles. The highest BCUT2D eigenvalue weighted by Crippen LogP contribution is 2.53. The van der Waals surface area contributed by atoms with E-state index in [1.807, 2.05) is 30.3 Å². The van der Waals surface area contributed by atoms with Crippen molar-refractivity contribution >= 4 is 29.1 Å². The van der Waals surface area contributed by atoms with Crippen molar-refractivity contribution in [2.24, 2.45) is 5.92 Å². The van der Waals surface area contributed by atoms with Gasteiger partial charge in [-0.3, -0.25) is 4.79 Å². The van der Waals surface area contributed by atoms with Gasteiger partial charge in [0.25, 0.3) is 0 Å². The second kappa shape index (κ2) is 5.47. The molecule has 1 N–H and O–H groups in total. The van der Waals surface area contributed by atoms with Crippen LogP contribution >= 0.6 is 23.2 Å². The summed E-state index contributed by atoms with van der Waals surface area (Å²) in [5, 5.41) is 2.82. The molecule has 0 aliphatic heterocycles. The molecule has 0 bridgehead atoms. The summed E-state index contributed by atoms with van der Waals surface area (Å²) in [5.74, 6) is -0.410. The van der Waals surface area contributed by atoms with Crippen molar-refractivity contribution in [2.75, 3.05) is 13.7 Å². The van der Waals surface area contributed by atoms with E-state index >= 15 is 0 Å². The minimum atomic E-state index is -0.876. The SMILES string of the molecule is COC(CNC(=O)C1CC1(Cl)Cl)c1ccccc1. The van der Waals surface area contributed by atoms with E-state index in [4.69, 9.17) is 27.9 Å². The first-order valence-corrected chi connectivity index (χ1v) is 6.53. The molecule has 0 heterocycles. The van der Waals surface area contributed by atoms with E-state index in [1.54, 1.807) is 7.11 Å². The molecule has 98 valence electrons. The number of rotatable bonds is 5. The lowest BCUT2D eigenvalue weighted by molar-refractivity contribution is -0.122. The minimum Gasteiger partial charge on any atom is -0.375 e. The van der Waals surface area contributed by atoms with Crippen LogP contribution in [0.1, 0.15) is 18.1 Å². The van der Waals surface area contributed by atoms with Gasteiger partial charge in [-0.15, -0.1) is 23.2 Å². The Hall–Kier alpha value is -0.770. The fourth-order valence-electron chi connectivity index (χ4n) is 1.82. The van der Waals surface area contributed by atoms with Crippen LogP contribution in [0.25, 0.3) is 0 Å². The number of hydrogen-bond donors (Lipinski definition) is 1. The number of methoxy groups -OCH3 is 1. The zero-order chi connectivity index (χ0) is 13.2. The number of carbonyl (C=O) groups is 1. The second-order valence-corrected chi connectivity index (χ2v) is 5.94. The van der Waals surface area contributed by atoms with Crippen LogP contribution in [0.3, 0.4) is 0 Å². The number of alkyl halides is 2. The van der Waals surface area contributed by atoms with Gasteiger partial charge in [-0.05, 0) is 12.0 Å². The molecule has 1 aromatic rings. The van der Waals surface area contributed by atoms with Crippen LogP contribution in [0.4, 0.5) is 0 Å². The van der Waals surface area contributed by atoms with Crippen LogP contribution in [0.5, 0.6) is 0 Å². The number of hydrogen-bond acceptors (Lipinski definition) is 2.